The van der Waals surface area contributed by atoms with Crippen molar-refractivity contribution < 1.29 is 8.42 Å². The maximum Gasteiger partial charge on any atom is 0.262 e. The van der Waals surface area contributed by atoms with E-state index in [1.165, 1.54) is 12.8 Å². The number of rotatable bonds is 6. The van der Waals surface area contributed by atoms with Gasteiger partial charge in [-0.25, -0.2) is 18.4 Å². The topological polar surface area (TPSA) is 87.2 Å². The number of nitrogens with one attached hydrogen (secondary N) is 2. The van der Waals surface area contributed by atoms with Crippen molar-refractivity contribution in [2.24, 2.45) is 0 Å². The van der Waals surface area contributed by atoms with Crippen LogP contribution >= 0.6 is 0 Å². The lowest BCUT2D eigenvalue weighted by atomic mass is 10.1. The molecule has 2 aromatic carbocycles. The number of sulfonamides is 1. The third kappa shape index (κ3) is 4.85. The van der Waals surface area contributed by atoms with E-state index in [-0.39, 0.29) is 0 Å². The average molecular weight is 452 g/mol. The standard InChI is InChI=1S/C24H29N5O2S/c1-16-13-18(3)22(14-17(16)2)32(30,31)28-21-9-7-20(8-10-21)27-23-15-24(26-19(4)25-23)29-11-5-6-12-29/h7-10,13-15,28H,5-6,11-12H2,1-4H3,(H,25,26,27). The van der Waals surface area contributed by atoms with Gasteiger partial charge in [0.15, 0.2) is 0 Å². The highest BCUT2D eigenvalue weighted by atomic mass is 32.2. The van der Waals surface area contributed by atoms with Crippen LogP contribution in [0.4, 0.5) is 23.0 Å². The van der Waals surface area contributed by atoms with E-state index in [1.807, 2.05) is 52.0 Å². The van der Waals surface area contributed by atoms with Gasteiger partial charge in [-0.3, -0.25) is 4.72 Å². The molecule has 0 spiro atoms. The van der Waals surface area contributed by atoms with E-state index in [0.29, 0.717) is 16.4 Å². The maximum atomic E-state index is 12.9. The normalized spacial score (nSPS) is 13.9. The second-order valence-electron chi connectivity index (χ2n) is 8.36. The van der Waals surface area contributed by atoms with Crippen LogP contribution in [0.2, 0.25) is 0 Å². The lowest BCUT2D eigenvalue weighted by molar-refractivity contribution is 0.600. The second-order valence-corrected chi connectivity index (χ2v) is 10.0. The van der Waals surface area contributed by atoms with Gasteiger partial charge in [-0.05, 0) is 87.6 Å². The fourth-order valence-electron chi connectivity index (χ4n) is 3.93. The molecule has 3 aromatic rings. The van der Waals surface area contributed by atoms with Crippen molar-refractivity contribution in [2.45, 2.75) is 45.4 Å². The number of benzene rings is 2. The predicted molar refractivity (Wildman–Crippen MR) is 129 cm³/mol. The van der Waals surface area contributed by atoms with E-state index in [9.17, 15) is 8.42 Å². The number of hydrogen-bond donors (Lipinski definition) is 2. The minimum absolute atomic E-state index is 0.300. The van der Waals surface area contributed by atoms with E-state index in [2.05, 4.69) is 24.9 Å². The summed E-state index contributed by atoms with van der Waals surface area (Å²) in [5.41, 5.74) is 4.08. The fraction of sp³-hybridized carbons (Fsp3) is 0.333. The van der Waals surface area contributed by atoms with Gasteiger partial charge >= 0.3 is 0 Å². The molecule has 0 saturated carbocycles. The van der Waals surface area contributed by atoms with Gasteiger partial charge in [0.1, 0.15) is 17.5 Å². The predicted octanol–water partition coefficient (Wildman–Crippen LogP) is 4.85. The first kappa shape index (κ1) is 22.1. The van der Waals surface area contributed by atoms with Crippen molar-refractivity contribution >= 4 is 33.0 Å². The summed E-state index contributed by atoms with van der Waals surface area (Å²) >= 11 is 0. The molecule has 0 bridgehead atoms. The van der Waals surface area contributed by atoms with Crippen molar-refractivity contribution in [3.63, 3.8) is 0 Å². The van der Waals surface area contributed by atoms with E-state index in [0.717, 1.165) is 47.1 Å². The number of hydrogen-bond acceptors (Lipinski definition) is 6. The van der Waals surface area contributed by atoms with Crippen LogP contribution in [0.5, 0.6) is 0 Å². The Morgan fingerprint density at radius 3 is 2.12 bits per heavy atom. The monoisotopic (exact) mass is 451 g/mol. The Kier molecular flexibility index (Phi) is 6.06. The van der Waals surface area contributed by atoms with Gasteiger partial charge < -0.3 is 10.2 Å². The van der Waals surface area contributed by atoms with Crippen LogP contribution in [0.25, 0.3) is 0 Å². The molecular weight excluding hydrogens is 422 g/mol. The third-order valence-electron chi connectivity index (χ3n) is 5.74. The molecule has 1 aliphatic rings. The molecular formula is C24H29N5O2S. The Hall–Kier alpha value is -3.13. The van der Waals surface area contributed by atoms with E-state index in [1.54, 1.807) is 18.2 Å². The molecule has 7 nitrogen and oxygen atoms in total. The van der Waals surface area contributed by atoms with Crippen LogP contribution in [0.1, 0.15) is 35.4 Å². The molecule has 0 unspecified atom stereocenters. The summed E-state index contributed by atoms with van der Waals surface area (Å²) in [5.74, 6) is 2.37. The molecule has 1 saturated heterocycles. The van der Waals surface area contributed by atoms with Gasteiger partial charge in [-0.2, -0.15) is 0 Å². The van der Waals surface area contributed by atoms with Crippen LogP contribution in [0.15, 0.2) is 47.4 Å². The zero-order chi connectivity index (χ0) is 22.9. The second kappa shape index (κ2) is 8.78. The largest absolute Gasteiger partial charge is 0.356 e. The van der Waals surface area contributed by atoms with E-state index < -0.39 is 10.0 Å². The molecule has 1 fully saturated rings. The van der Waals surface area contributed by atoms with Crippen LogP contribution in [-0.4, -0.2) is 31.5 Å². The summed E-state index contributed by atoms with van der Waals surface area (Å²) < 4.78 is 28.5. The van der Waals surface area contributed by atoms with Crippen molar-refractivity contribution in [1.82, 2.24) is 9.97 Å². The van der Waals surface area contributed by atoms with Crippen molar-refractivity contribution in [2.75, 3.05) is 28.0 Å². The highest BCUT2D eigenvalue weighted by Gasteiger charge is 2.18. The maximum absolute atomic E-state index is 12.9. The molecule has 2 N–H and O–H groups in total. The zero-order valence-corrected chi connectivity index (χ0v) is 19.8. The Bertz CT molecular complexity index is 1230. The fourth-order valence-corrected chi connectivity index (χ4v) is 5.30. The molecule has 0 radical (unpaired) electrons. The molecule has 0 aliphatic carbocycles. The molecule has 1 aliphatic heterocycles. The molecule has 4 rings (SSSR count). The smallest absolute Gasteiger partial charge is 0.262 e. The van der Waals surface area contributed by atoms with Gasteiger partial charge in [0.2, 0.25) is 0 Å². The number of aryl methyl sites for hydroxylation is 4. The molecule has 8 heteroatoms. The lowest BCUT2D eigenvalue weighted by Crippen LogP contribution is -2.19. The first-order chi connectivity index (χ1) is 15.2. The minimum atomic E-state index is -3.67. The van der Waals surface area contributed by atoms with Crippen LogP contribution < -0.4 is 14.9 Å². The Balaban J connectivity index is 1.50. The average Bonchev–Trinajstić information content (AvgIpc) is 3.26. The first-order valence-electron chi connectivity index (χ1n) is 10.8. The Morgan fingerprint density at radius 1 is 0.812 bits per heavy atom. The van der Waals surface area contributed by atoms with Gasteiger partial charge in [-0.15, -0.1) is 0 Å². The highest BCUT2D eigenvalue weighted by Crippen LogP contribution is 2.26. The van der Waals surface area contributed by atoms with Gasteiger partial charge in [0.25, 0.3) is 10.0 Å². The molecule has 0 amide bonds. The summed E-state index contributed by atoms with van der Waals surface area (Å²) in [5, 5.41) is 3.30. The quantitative estimate of drug-likeness (QED) is 0.557. The first-order valence-corrected chi connectivity index (χ1v) is 12.3. The van der Waals surface area contributed by atoms with Crippen molar-refractivity contribution in [1.29, 1.82) is 0 Å². The Labute approximate surface area is 190 Å². The third-order valence-corrected chi connectivity index (χ3v) is 7.27. The van der Waals surface area contributed by atoms with Crippen LogP contribution in [0.3, 0.4) is 0 Å². The van der Waals surface area contributed by atoms with Crippen molar-refractivity contribution in [3.8, 4) is 0 Å². The highest BCUT2D eigenvalue weighted by molar-refractivity contribution is 7.92. The summed E-state index contributed by atoms with van der Waals surface area (Å²) in [6, 6.07) is 12.7. The SMILES string of the molecule is Cc1nc(Nc2ccc(NS(=O)(=O)c3cc(C)c(C)cc3C)cc2)cc(N2CCCC2)n1. The molecule has 168 valence electrons. The van der Waals surface area contributed by atoms with Crippen molar-refractivity contribution in [3.05, 3.63) is 65.0 Å². The Morgan fingerprint density at radius 2 is 1.44 bits per heavy atom. The molecule has 1 aromatic heterocycles. The number of nitrogens with zero attached hydrogens (tertiary/aromatic N) is 3. The minimum Gasteiger partial charge on any atom is -0.356 e. The van der Waals surface area contributed by atoms with Crippen LogP contribution in [0, 0.1) is 27.7 Å². The summed E-state index contributed by atoms with van der Waals surface area (Å²) in [6.45, 7) is 9.63. The summed E-state index contributed by atoms with van der Waals surface area (Å²) in [7, 11) is -3.67. The number of anilines is 4. The van der Waals surface area contributed by atoms with Gasteiger partial charge in [0.05, 0.1) is 4.90 Å². The van der Waals surface area contributed by atoms with Gasteiger partial charge in [-0.1, -0.05) is 6.07 Å². The zero-order valence-electron chi connectivity index (χ0n) is 18.9. The van der Waals surface area contributed by atoms with Crippen LogP contribution in [-0.2, 0) is 10.0 Å². The van der Waals surface area contributed by atoms with Gasteiger partial charge in [0, 0.05) is 30.5 Å². The summed E-state index contributed by atoms with van der Waals surface area (Å²) in [4.78, 5) is 11.6. The molecule has 0 atom stereocenters. The number of aromatic nitrogens is 2. The molecule has 32 heavy (non-hydrogen) atoms. The van der Waals surface area contributed by atoms with E-state index >= 15 is 0 Å². The van der Waals surface area contributed by atoms with E-state index in [4.69, 9.17) is 0 Å². The molecule has 2 heterocycles. The lowest BCUT2D eigenvalue weighted by Gasteiger charge is -2.18. The summed E-state index contributed by atoms with van der Waals surface area (Å²) in [6.07, 6.45) is 2.37.